The molecule has 6 nitrogen and oxygen atoms in total. The number of benzene rings is 1. The van der Waals surface area contributed by atoms with Crippen molar-refractivity contribution in [3.8, 4) is 6.07 Å². The number of hydrogen-bond acceptors (Lipinski definition) is 5. The van der Waals surface area contributed by atoms with Crippen LogP contribution in [0.25, 0.3) is 0 Å². The van der Waals surface area contributed by atoms with Crippen LogP contribution in [0.3, 0.4) is 0 Å². The van der Waals surface area contributed by atoms with Crippen molar-refractivity contribution >= 4 is 5.69 Å². The Balaban J connectivity index is 2.34. The second-order valence-electron chi connectivity index (χ2n) is 3.55. The first-order valence-corrected chi connectivity index (χ1v) is 5.09. The summed E-state index contributed by atoms with van der Waals surface area (Å²) in [7, 11) is 0. The lowest BCUT2D eigenvalue weighted by molar-refractivity contribution is -0.385. The molecule has 0 aliphatic carbocycles. The Morgan fingerprint density at radius 2 is 2.18 bits per heavy atom. The van der Waals surface area contributed by atoms with Crippen molar-refractivity contribution in [2.75, 3.05) is 13.2 Å². The lowest BCUT2D eigenvalue weighted by atomic mass is 10.1. The van der Waals surface area contributed by atoms with Gasteiger partial charge in [0.1, 0.15) is 0 Å². The molecule has 0 N–H and O–H groups in total. The first-order valence-electron chi connectivity index (χ1n) is 5.09. The average molecular weight is 234 g/mol. The Labute approximate surface area is 97.5 Å². The minimum absolute atomic E-state index is 0.00310. The molecular weight excluding hydrogens is 224 g/mol. The van der Waals surface area contributed by atoms with Crippen molar-refractivity contribution in [2.45, 2.75) is 12.7 Å². The predicted molar refractivity (Wildman–Crippen MR) is 57.1 cm³/mol. The first-order chi connectivity index (χ1) is 8.22. The van der Waals surface area contributed by atoms with Gasteiger partial charge >= 0.3 is 0 Å². The van der Waals surface area contributed by atoms with Crippen LogP contribution in [-0.4, -0.2) is 18.1 Å². The molecule has 2 rings (SSSR count). The Morgan fingerprint density at radius 3 is 2.76 bits per heavy atom. The first kappa shape index (κ1) is 11.5. The number of nitrogens with zero attached hydrogens (tertiary/aromatic N) is 2. The van der Waals surface area contributed by atoms with E-state index in [-0.39, 0.29) is 12.1 Å². The lowest BCUT2D eigenvalue weighted by Gasteiger charge is -2.10. The smallest absolute Gasteiger partial charge is 0.273 e. The maximum atomic E-state index is 10.8. The van der Waals surface area contributed by atoms with Gasteiger partial charge in [-0.25, -0.2) is 0 Å². The average Bonchev–Trinajstić information content (AvgIpc) is 2.82. The highest BCUT2D eigenvalue weighted by Gasteiger charge is 2.21. The molecule has 1 saturated heterocycles. The fourth-order valence-electron chi connectivity index (χ4n) is 1.71. The van der Waals surface area contributed by atoms with Crippen molar-refractivity contribution in [2.24, 2.45) is 0 Å². The molecule has 1 aliphatic rings. The molecule has 1 heterocycles. The largest absolute Gasteiger partial charge is 0.346 e. The van der Waals surface area contributed by atoms with E-state index in [1.807, 2.05) is 6.07 Å². The summed E-state index contributed by atoms with van der Waals surface area (Å²) in [5, 5.41) is 19.4. The van der Waals surface area contributed by atoms with Crippen LogP contribution >= 0.6 is 0 Å². The lowest BCUT2D eigenvalue weighted by Crippen LogP contribution is -2.01. The Bertz CT molecular complexity index is 475. The molecule has 0 spiro atoms. The highest BCUT2D eigenvalue weighted by molar-refractivity contribution is 5.44. The summed E-state index contributed by atoms with van der Waals surface area (Å²) in [6.45, 7) is 1.02. The van der Waals surface area contributed by atoms with Gasteiger partial charge in [-0.05, 0) is 12.1 Å². The van der Waals surface area contributed by atoms with Gasteiger partial charge in [0.2, 0.25) is 0 Å². The SMILES string of the molecule is N#CCc1cc(C2OCCO2)ccc1[N+](=O)[O-]. The molecule has 0 bridgehead atoms. The number of nitriles is 1. The van der Waals surface area contributed by atoms with Crippen LogP contribution in [0.2, 0.25) is 0 Å². The van der Waals surface area contributed by atoms with E-state index in [4.69, 9.17) is 14.7 Å². The molecule has 1 aromatic carbocycles. The van der Waals surface area contributed by atoms with Crippen LogP contribution in [0.1, 0.15) is 17.4 Å². The Kier molecular flexibility index (Phi) is 3.32. The number of rotatable bonds is 3. The summed E-state index contributed by atoms with van der Waals surface area (Å²) < 4.78 is 10.6. The fourth-order valence-corrected chi connectivity index (χ4v) is 1.71. The van der Waals surface area contributed by atoms with E-state index in [1.165, 1.54) is 6.07 Å². The van der Waals surface area contributed by atoms with Gasteiger partial charge in [0.25, 0.3) is 5.69 Å². The molecule has 1 aromatic rings. The van der Waals surface area contributed by atoms with Crippen molar-refractivity contribution in [3.05, 3.63) is 39.4 Å². The highest BCUT2D eigenvalue weighted by Crippen LogP contribution is 2.28. The molecule has 1 fully saturated rings. The molecule has 0 radical (unpaired) electrons. The maximum Gasteiger partial charge on any atom is 0.273 e. The van der Waals surface area contributed by atoms with Crippen molar-refractivity contribution < 1.29 is 14.4 Å². The van der Waals surface area contributed by atoms with Crippen LogP contribution in [-0.2, 0) is 15.9 Å². The van der Waals surface area contributed by atoms with Crippen molar-refractivity contribution in [1.82, 2.24) is 0 Å². The quantitative estimate of drug-likeness (QED) is 0.587. The molecular formula is C11H10N2O4. The molecule has 0 atom stereocenters. The van der Waals surface area contributed by atoms with Gasteiger partial charge in [-0.2, -0.15) is 5.26 Å². The number of hydrogen-bond donors (Lipinski definition) is 0. The van der Waals surface area contributed by atoms with Crippen molar-refractivity contribution in [1.29, 1.82) is 5.26 Å². The van der Waals surface area contributed by atoms with Gasteiger partial charge in [0, 0.05) is 17.2 Å². The predicted octanol–water partition coefficient (Wildman–Crippen LogP) is 1.71. The minimum atomic E-state index is -0.493. The van der Waals surface area contributed by atoms with E-state index < -0.39 is 11.2 Å². The van der Waals surface area contributed by atoms with Gasteiger partial charge in [0.05, 0.1) is 30.6 Å². The molecule has 0 saturated carbocycles. The third-order valence-corrected chi connectivity index (χ3v) is 2.46. The van der Waals surface area contributed by atoms with Gasteiger partial charge in [-0.1, -0.05) is 0 Å². The zero-order valence-corrected chi connectivity index (χ0v) is 8.96. The molecule has 1 aliphatic heterocycles. The topological polar surface area (TPSA) is 85.4 Å². The summed E-state index contributed by atoms with van der Waals surface area (Å²) in [4.78, 5) is 10.3. The summed E-state index contributed by atoms with van der Waals surface area (Å²) >= 11 is 0. The summed E-state index contributed by atoms with van der Waals surface area (Å²) in [6, 6.07) is 6.48. The fraction of sp³-hybridized carbons (Fsp3) is 0.364. The third kappa shape index (κ3) is 2.41. The van der Waals surface area contributed by atoms with Crippen LogP contribution < -0.4 is 0 Å². The van der Waals surface area contributed by atoms with E-state index in [0.717, 1.165) is 0 Å². The highest BCUT2D eigenvalue weighted by atomic mass is 16.7. The molecule has 6 heteroatoms. The number of nitro groups is 1. The van der Waals surface area contributed by atoms with Gasteiger partial charge < -0.3 is 9.47 Å². The third-order valence-electron chi connectivity index (χ3n) is 2.46. The normalized spacial score (nSPS) is 15.7. The second-order valence-corrected chi connectivity index (χ2v) is 3.55. The number of ether oxygens (including phenoxy) is 2. The van der Waals surface area contributed by atoms with Gasteiger partial charge in [-0.3, -0.25) is 10.1 Å². The van der Waals surface area contributed by atoms with E-state index in [1.54, 1.807) is 12.1 Å². The maximum absolute atomic E-state index is 10.8. The molecule has 17 heavy (non-hydrogen) atoms. The van der Waals surface area contributed by atoms with E-state index >= 15 is 0 Å². The Hall–Kier alpha value is -1.97. The van der Waals surface area contributed by atoms with Gasteiger partial charge in [-0.15, -0.1) is 0 Å². The summed E-state index contributed by atoms with van der Waals surface area (Å²) in [5.41, 5.74) is 1.04. The van der Waals surface area contributed by atoms with Gasteiger partial charge in [0.15, 0.2) is 6.29 Å². The second kappa shape index (κ2) is 4.91. The van der Waals surface area contributed by atoms with E-state index in [2.05, 4.69) is 0 Å². The summed E-state index contributed by atoms with van der Waals surface area (Å²) in [6.07, 6.45) is -0.482. The molecule has 88 valence electrons. The van der Waals surface area contributed by atoms with Crippen molar-refractivity contribution in [3.63, 3.8) is 0 Å². The molecule has 0 aromatic heterocycles. The molecule has 0 amide bonds. The molecule has 0 unspecified atom stereocenters. The minimum Gasteiger partial charge on any atom is -0.346 e. The monoisotopic (exact) mass is 234 g/mol. The van der Waals surface area contributed by atoms with E-state index in [0.29, 0.717) is 24.3 Å². The standard InChI is InChI=1S/C11H10N2O4/c12-4-3-8-7-9(11-16-5-6-17-11)1-2-10(8)13(14)15/h1-2,7,11H,3,5-6H2. The van der Waals surface area contributed by atoms with Crippen LogP contribution in [0, 0.1) is 21.4 Å². The van der Waals surface area contributed by atoms with Crippen LogP contribution in [0.15, 0.2) is 18.2 Å². The zero-order chi connectivity index (χ0) is 12.3. The van der Waals surface area contributed by atoms with E-state index in [9.17, 15) is 10.1 Å². The zero-order valence-electron chi connectivity index (χ0n) is 8.96. The number of nitro benzene ring substituents is 1. The van der Waals surface area contributed by atoms with Crippen LogP contribution in [0.5, 0.6) is 0 Å². The van der Waals surface area contributed by atoms with Crippen LogP contribution in [0.4, 0.5) is 5.69 Å². The summed E-state index contributed by atoms with van der Waals surface area (Å²) in [5.74, 6) is 0. The Morgan fingerprint density at radius 1 is 1.47 bits per heavy atom.